The Bertz CT molecular complexity index is 329. The zero-order chi connectivity index (χ0) is 9.30. The first kappa shape index (κ1) is 8.78. The molecule has 0 amide bonds. The predicted molar refractivity (Wildman–Crippen MR) is 50.2 cm³/mol. The average molecular weight is 163 g/mol. The van der Waals surface area contributed by atoms with Gasteiger partial charge in [-0.25, -0.2) is 4.98 Å². The van der Waals surface area contributed by atoms with E-state index in [4.69, 9.17) is 0 Å². The van der Waals surface area contributed by atoms with Gasteiger partial charge in [0.1, 0.15) is 5.75 Å². The van der Waals surface area contributed by atoms with E-state index >= 15 is 0 Å². The highest BCUT2D eigenvalue weighted by molar-refractivity contribution is 5.53. The van der Waals surface area contributed by atoms with Crippen molar-refractivity contribution in [3.8, 4) is 5.75 Å². The van der Waals surface area contributed by atoms with Crippen molar-refractivity contribution in [2.45, 2.75) is 20.8 Å². The normalized spacial score (nSPS) is 9.92. The molecule has 0 aliphatic carbocycles. The lowest BCUT2D eigenvalue weighted by atomic mass is 10.1. The third-order valence-corrected chi connectivity index (χ3v) is 2.13. The van der Waals surface area contributed by atoms with Gasteiger partial charge in [-0.05, 0) is 38.0 Å². The van der Waals surface area contributed by atoms with Crippen LogP contribution in [0.15, 0.2) is 6.58 Å². The Hall–Kier alpha value is -1.31. The van der Waals surface area contributed by atoms with Gasteiger partial charge in [-0.15, -0.1) is 0 Å². The van der Waals surface area contributed by atoms with Gasteiger partial charge in [0.05, 0.1) is 11.4 Å². The number of rotatable bonds is 1. The summed E-state index contributed by atoms with van der Waals surface area (Å²) in [7, 11) is 0. The topological polar surface area (TPSA) is 33.1 Å². The zero-order valence-electron chi connectivity index (χ0n) is 7.68. The Morgan fingerprint density at radius 1 is 1.25 bits per heavy atom. The molecule has 0 saturated heterocycles. The van der Waals surface area contributed by atoms with Gasteiger partial charge in [0, 0.05) is 0 Å². The third-order valence-electron chi connectivity index (χ3n) is 2.13. The number of nitrogens with zero attached hydrogens (tertiary/aromatic N) is 1. The van der Waals surface area contributed by atoms with Crippen LogP contribution in [0.25, 0.3) is 6.08 Å². The van der Waals surface area contributed by atoms with Crippen molar-refractivity contribution in [3.63, 3.8) is 0 Å². The van der Waals surface area contributed by atoms with Crippen LogP contribution in [0.4, 0.5) is 0 Å². The van der Waals surface area contributed by atoms with E-state index in [9.17, 15) is 5.11 Å². The van der Waals surface area contributed by atoms with Crippen molar-refractivity contribution in [1.82, 2.24) is 4.98 Å². The van der Waals surface area contributed by atoms with Gasteiger partial charge in [0.15, 0.2) is 0 Å². The molecule has 0 bridgehead atoms. The quantitative estimate of drug-likeness (QED) is 0.689. The molecule has 0 aliphatic heterocycles. The molecule has 0 spiro atoms. The molecule has 0 aliphatic rings. The number of aromatic nitrogens is 1. The van der Waals surface area contributed by atoms with Crippen molar-refractivity contribution in [1.29, 1.82) is 0 Å². The second-order valence-electron chi connectivity index (χ2n) is 2.89. The smallest absolute Gasteiger partial charge is 0.139 e. The van der Waals surface area contributed by atoms with Gasteiger partial charge in [-0.1, -0.05) is 6.58 Å². The summed E-state index contributed by atoms with van der Waals surface area (Å²) in [5, 5.41) is 9.51. The van der Waals surface area contributed by atoms with Crippen LogP contribution in [0, 0.1) is 20.8 Å². The van der Waals surface area contributed by atoms with E-state index in [2.05, 4.69) is 11.6 Å². The van der Waals surface area contributed by atoms with Gasteiger partial charge in [-0.3, -0.25) is 0 Å². The van der Waals surface area contributed by atoms with Crippen LogP contribution in [0.1, 0.15) is 22.5 Å². The van der Waals surface area contributed by atoms with E-state index in [0.29, 0.717) is 5.69 Å². The van der Waals surface area contributed by atoms with E-state index < -0.39 is 0 Å². The molecule has 12 heavy (non-hydrogen) atoms. The Kier molecular flexibility index (Phi) is 2.18. The molecule has 0 aromatic carbocycles. The summed E-state index contributed by atoms with van der Waals surface area (Å²) in [6.45, 7) is 9.26. The molecule has 1 aromatic rings. The Balaban J connectivity index is 3.49. The maximum Gasteiger partial charge on any atom is 0.139 e. The van der Waals surface area contributed by atoms with Crippen LogP contribution < -0.4 is 0 Å². The Morgan fingerprint density at radius 2 is 1.83 bits per heavy atom. The van der Waals surface area contributed by atoms with E-state index in [1.54, 1.807) is 13.0 Å². The summed E-state index contributed by atoms with van der Waals surface area (Å²) in [6, 6.07) is 0. The predicted octanol–water partition coefficient (Wildman–Crippen LogP) is 2.36. The van der Waals surface area contributed by atoms with Gasteiger partial charge in [-0.2, -0.15) is 0 Å². The van der Waals surface area contributed by atoms with Gasteiger partial charge < -0.3 is 5.11 Å². The molecular formula is C10H13NO. The van der Waals surface area contributed by atoms with Gasteiger partial charge in [0.2, 0.25) is 0 Å². The minimum Gasteiger partial charge on any atom is -0.506 e. The lowest BCUT2D eigenvalue weighted by Crippen LogP contribution is -1.94. The second-order valence-corrected chi connectivity index (χ2v) is 2.89. The molecule has 0 fully saturated rings. The number of pyridine rings is 1. The first-order chi connectivity index (χ1) is 5.57. The van der Waals surface area contributed by atoms with Crippen LogP contribution in [-0.2, 0) is 0 Å². The maximum absolute atomic E-state index is 9.51. The fourth-order valence-corrected chi connectivity index (χ4v) is 1.16. The SMILES string of the molecule is C=Cc1nc(C)c(O)c(C)c1C. The van der Waals surface area contributed by atoms with E-state index in [-0.39, 0.29) is 5.75 Å². The molecule has 1 N–H and O–H groups in total. The van der Waals surface area contributed by atoms with Crippen molar-refractivity contribution >= 4 is 6.08 Å². The lowest BCUT2D eigenvalue weighted by Gasteiger charge is -2.08. The molecule has 0 saturated carbocycles. The fraction of sp³-hybridized carbons (Fsp3) is 0.300. The molecule has 1 heterocycles. The summed E-state index contributed by atoms with van der Waals surface area (Å²) in [4.78, 5) is 4.18. The molecule has 64 valence electrons. The highest BCUT2D eigenvalue weighted by Crippen LogP contribution is 2.24. The van der Waals surface area contributed by atoms with Gasteiger partial charge >= 0.3 is 0 Å². The number of hydrogen-bond acceptors (Lipinski definition) is 2. The number of hydrogen-bond donors (Lipinski definition) is 1. The van der Waals surface area contributed by atoms with Gasteiger partial charge in [0.25, 0.3) is 0 Å². The zero-order valence-corrected chi connectivity index (χ0v) is 7.68. The Labute approximate surface area is 72.6 Å². The van der Waals surface area contributed by atoms with Crippen LogP contribution in [0.2, 0.25) is 0 Å². The second kappa shape index (κ2) is 2.97. The van der Waals surface area contributed by atoms with Crippen LogP contribution in [-0.4, -0.2) is 10.1 Å². The standard InChI is InChI=1S/C10H13NO/c1-5-9-6(2)7(3)10(12)8(4)11-9/h5,12H,1H2,2-4H3. The highest BCUT2D eigenvalue weighted by atomic mass is 16.3. The average Bonchev–Trinajstić information content (AvgIpc) is 2.08. The first-order valence-electron chi connectivity index (χ1n) is 3.87. The minimum atomic E-state index is 0.290. The summed E-state index contributed by atoms with van der Waals surface area (Å²) >= 11 is 0. The molecule has 0 atom stereocenters. The largest absolute Gasteiger partial charge is 0.506 e. The summed E-state index contributed by atoms with van der Waals surface area (Å²) in [5.74, 6) is 0.290. The fourth-order valence-electron chi connectivity index (χ4n) is 1.16. The number of aryl methyl sites for hydroxylation is 1. The van der Waals surface area contributed by atoms with Crippen molar-refractivity contribution in [2.24, 2.45) is 0 Å². The minimum absolute atomic E-state index is 0.290. The molecule has 2 heteroatoms. The molecular weight excluding hydrogens is 150 g/mol. The Morgan fingerprint density at radius 3 is 2.33 bits per heavy atom. The van der Waals surface area contributed by atoms with E-state index in [0.717, 1.165) is 16.8 Å². The van der Waals surface area contributed by atoms with Crippen molar-refractivity contribution in [2.75, 3.05) is 0 Å². The molecule has 0 unspecified atom stereocenters. The van der Waals surface area contributed by atoms with E-state index in [1.807, 2.05) is 13.8 Å². The summed E-state index contributed by atoms with van der Waals surface area (Å²) in [6.07, 6.45) is 1.70. The van der Waals surface area contributed by atoms with Crippen LogP contribution >= 0.6 is 0 Å². The first-order valence-corrected chi connectivity index (χ1v) is 3.87. The monoisotopic (exact) mass is 163 g/mol. The molecule has 2 nitrogen and oxygen atoms in total. The lowest BCUT2D eigenvalue weighted by molar-refractivity contribution is 0.462. The summed E-state index contributed by atoms with van der Waals surface area (Å²) < 4.78 is 0. The molecule has 1 rings (SSSR count). The van der Waals surface area contributed by atoms with Crippen LogP contribution in [0.3, 0.4) is 0 Å². The molecule has 0 radical (unpaired) electrons. The highest BCUT2D eigenvalue weighted by Gasteiger charge is 2.07. The molecule has 1 aromatic heterocycles. The number of aromatic hydroxyl groups is 1. The van der Waals surface area contributed by atoms with Crippen molar-refractivity contribution in [3.05, 3.63) is 29.1 Å². The maximum atomic E-state index is 9.51. The summed E-state index contributed by atoms with van der Waals surface area (Å²) in [5.41, 5.74) is 3.39. The van der Waals surface area contributed by atoms with Crippen LogP contribution in [0.5, 0.6) is 5.75 Å². The van der Waals surface area contributed by atoms with E-state index in [1.165, 1.54) is 0 Å². The van der Waals surface area contributed by atoms with Crippen molar-refractivity contribution < 1.29 is 5.11 Å². The third kappa shape index (κ3) is 1.20.